The Hall–Kier alpha value is -2.40. The van der Waals surface area contributed by atoms with Crippen molar-refractivity contribution in [2.24, 2.45) is 0 Å². The van der Waals surface area contributed by atoms with Crippen LogP contribution in [-0.2, 0) is 0 Å². The monoisotopic (exact) mass is 328 g/mol. The fourth-order valence-electron chi connectivity index (χ4n) is 2.79. The SMILES string of the molecule is O=C(c1ccccc1F)N1CCN(CCOc2ccccc2)CC1. The van der Waals surface area contributed by atoms with E-state index in [0.29, 0.717) is 19.7 Å². The van der Waals surface area contributed by atoms with Gasteiger partial charge in [0.1, 0.15) is 18.2 Å². The largest absolute Gasteiger partial charge is 0.492 e. The van der Waals surface area contributed by atoms with E-state index in [1.54, 1.807) is 17.0 Å². The highest BCUT2D eigenvalue weighted by Gasteiger charge is 2.23. The Morgan fingerprint density at radius 3 is 2.33 bits per heavy atom. The third-order valence-electron chi connectivity index (χ3n) is 4.18. The first-order chi connectivity index (χ1) is 11.7. The zero-order chi connectivity index (χ0) is 16.8. The van der Waals surface area contributed by atoms with Crippen LogP contribution >= 0.6 is 0 Å². The normalized spacial score (nSPS) is 15.3. The topological polar surface area (TPSA) is 32.8 Å². The van der Waals surface area contributed by atoms with Crippen LogP contribution in [0.4, 0.5) is 4.39 Å². The van der Waals surface area contributed by atoms with Crippen molar-refractivity contribution < 1.29 is 13.9 Å². The molecule has 5 heteroatoms. The number of halogens is 1. The van der Waals surface area contributed by atoms with Gasteiger partial charge < -0.3 is 9.64 Å². The molecule has 126 valence electrons. The van der Waals surface area contributed by atoms with Crippen LogP contribution in [0, 0.1) is 5.82 Å². The van der Waals surface area contributed by atoms with E-state index < -0.39 is 5.82 Å². The van der Waals surface area contributed by atoms with Gasteiger partial charge in [0.15, 0.2) is 0 Å². The first kappa shape index (κ1) is 16.5. The van der Waals surface area contributed by atoms with E-state index in [1.165, 1.54) is 12.1 Å². The molecule has 0 aliphatic carbocycles. The molecule has 0 aromatic heterocycles. The van der Waals surface area contributed by atoms with E-state index in [2.05, 4.69) is 4.90 Å². The minimum Gasteiger partial charge on any atom is -0.492 e. The van der Waals surface area contributed by atoms with Crippen LogP contribution in [-0.4, -0.2) is 55.0 Å². The third kappa shape index (κ3) is 4.11. The molecule has 2 aromatic carbocycles. The molecule has 1 aliphatic heterocycles. The molecule has 4 nitrogen and oxygen atoms in total. The van der Waals surface area contributed by atoms with Crippen molar-refractivity contribution in [2.75, 3.05) is 39.3 Å². The van der Waals surface area contributed by atoms with Crippen LogP contribution in [0.15, 0.2) is 54.6 Å². The van der Waals surface area contributed by atoms with Crippen LogP contribution in [0.2, 0.25) is 0 Å². The Morgan fingerprint density at radius 1 is 0.958 bits per heavy atom. The third-order valence-corrected chi connectivity index (χ3v) is 4.18. The number of nitrogens with zero attached hydrogens (tertiary/aromatic N) is 2. The Bertz CT molecular complexity index is 670. The number of benzene rings is 2. The van der Waals surface area contributed by atoms with Crippen molar-refractivity contribution in [1.82, 2.24) is 9.80 Å². The summed E-state index contributed by atoms with van der Waals surface area (Å²) in [6.45, 7) is 4.20. The standard InChI is InChI=1S/C19H21FN2O2/c20-18-9-5-4-8-17(18)19(23)22-12-10-21(11-13-22)14-15-24-16-6-2-1-3-7-16/h1-9H,10-15H2. The van der Waals surface area contributed by atoms with Crippen LogP contribution in [0.3, 0.4) is 0 Å². The lowest BCUT2D eigenvalue weighted by Gasteiger charge is -2.34. The predicted molar refractivity (Wildman–Crippen MR) is 90.7 cm³/mol. The fraction of sp³-hybridized carbons (Fsp3) is 0.316. The summed E-state index contributed by atoms with van der Waals surface area (Å²) in [5.41, 5.74) is 0.151. The predicted octanol–water partition coefficient (Wildman–Crippen LogP) is 2.66. The maximum Gasteiger partial charge on any atom is 0.256 e. The molecule has 1 saturated heterocycles. The van der Waals surface area contributed by atoms with Crippen molar-refractivity contribution in [3.63, 3.8) is 0 Å². The van der Waals surface area contributed by atoms with Crippen LogP contribution in [0.25, 0.3) is 0 Å². The van der Waals surface area contributed by atoms with Gasteiger partial charge in [-0.05, 0) is 24.3 Å². The lowest BCUT2D eigenvalue weighted by atomic mass is 10.1. The molecule has 1 heterocycles. The highest BCUT2D eigenvalue weighted by atomic mass is 19.1. The Morgan fingerprint density at radius 2 is 1.62 bits per heavy atom. The summed E-state index contributed by atoms with van der Waals surface area (Å²) >= 11 is 0. The number of hydrogen-bond acceptors (Lipinski definition) is 3. The number of ether oxygens (including phenoxy) is 1. The second-order valence-electron chi connectivity index (χ2n) is 5.78. The first-order valence-corrected chi connectivity index (χ1v) is 8.18. The molecule has 0 atom stereocenters. The van der Waals surface area contributed by atoms with Crippen molar-refractivity contribution in [3.8, 4) is 5.75 Å². The van der Waals surface area contributed by atoms with Crippen LogP contribution in [0.1, 0.15) is 10.4 Å². The second kappa shape index (κ2) is 7.93. The van der Waals surface area contributed by atoms with E-state index in [9.17, 15) is 9.18 Å². The number of para-hydroxylation sites is 1. The summed E-state index contributed by atoms with van der Waals surface area (Å²) in [5, 5.41) is 0. The van der Waals surface area contributed by atoms with Gasteiger partial charge in [0, 0.05) is 32.7 Å². The van der Waals surface area contributed by atoms with Crippen molar-refractivity contribution >= 4 is 5.91 Å². The van der Waals surface area contributed by atoms with Gasteiger partial charge in [0.05, 0.1) is 5.56 Å². The van der Waals surface area contributed by atoms with Crippen LogP contribution in [0.5, 0.6) is 5.75 Å². The maximum absolute atomic E-state index is 13.7. The average molecular weight is 328 g/mol. The molecule has 0 N–H and O–H groups in total. The molecule has 0 radical (unpaired) electrons. The second-order valence-corrected chi connectivity index (χ2v) is 5.78. The molecule has 1 amide bonds. The van der Waals surface area contributed by atoms with Gasteiger partial charge in [-0.25, -0.2) is 4.39 Å². The molecule has 1 aliphatic rings. The minimum absolute atomic E-state index is 0.151. The van der Waals surface area contributed by atoms with Gasteiger partial charge >= 0.3 is 0 Å². The van der Waals surface area contributed by atoms with E-state index in [0.717, 1.165) is 25.4 Å². The van der Waals surface area contributed by atoms with Gasteiger partial charge in [-0.15, -0.1) is 0 Å². The molecule has 1 fully saturated rings. The Labute approximate surface area is 141 Å². The molecular formula is C19H21FN2O2. The molecule has 0 saturated carbocycles. The Kier molecular flexibility index (Phi) is 5.43. The van der Waals surface area contributed by atoms with E-state index >= 15 is 0 Å². The number of rotatable bonds is 5. The molecule has 24 heavy (non-hydrogen) atoms. The number of hydrogen-bond donors (Lipinski definition) is 0. The molecule has 3 rings (SSSR count). The van der Waals surface area contributed by atoms with Gasteiger partial charge in [-0.1, -0.05) is 30.3 Å². The summed E-state index contributed by atoms with van der Waals surface area (Å²) in [7, 11) is 0. The van der Waals surface area contributed by atoms with Crippen molar-refractivity contribution in [2.45, 2.75) is 0 Å². The van der Waals surface area contributed by atoms with Gasteiger partial charge in [-0.2, -0.15) is 0 Å². The van der Waals surface area contributed by atoms with Crippen molar-refractivity contribution in [1.29, 1.82) is 0 Å². The zero-order valence-corrected chi connectivity index (χ0v) is 13.5. The van der Waals surface area contributed by atoms with Gasteiger partial charge in [-0.3, -0.25) is 9.69 Å². The van der Waals surface area contributed by atoms with Crippen molar-refractivity contribution in [3.05, 3.63) is 66.0 Å². The quantitative estimate of drug-likeness (QED) is 0.846. The van der Waals surface area contributed by atoms with Gasteiger partial charge in [0.2, 0.25) is 0 Å². The molecule has 0 bridgehead atoms. The zero-order valence-electron chi connectivity index (χ0n) is 13.5. The van der Waals surface area contributed by atoms with E-state index in [4.69, 9.17) is 4.74 Å². The fourth-order valence-corrected chi connectivity index (χ4v) is 2.79. The minimum atomic E-state index is -0.457. The summed E-state index contributed by atoms with van der Waals surface area (Å²) < 4.78 is 19.4. The highest BCUT2D eigenvalue weighted by Crippen LogP contribution is 2.13. The summed E-state index contributed by atoms with van der Waals surface area (Å²) in [6, 6.07) is 15.9. The summed E-state index contributed by atoms with van der Waals surface area (Å²) in [4.78, 5) is 16.3. The Balaban J connectivity index is 1.44. The maximum atomic E-state index is 13.7. The smallest absolute Gasteiger partial charge is 0.256 e. The molecular weight excluding hydrogens is 307 g/mol. The number of carbonyl (C=O) groups is 1. The average Bonchev–Trinajstić information content (AvgIpc) is 2.63. The summed E-state index contributed by atoms with van der Waals surface area (Å²) in [6.07, 6.45) is 0. The van der Waals surface area contributed by atoms with E-state index in [-0.39, 0.29) is 11.5 Å². The molecule has 0 spiro atoms. The lowest BCUT2D eigenvalue weighted by molar-refractivity contribution is 0.0616. The summed E-state index contributed by atoms with van der Waals surface area (Å²) in [5.74, 6) is 0.181. The number of amides is 1. The molecule has 2 aromatic rings. The first-order valence-electron chi connectivity index (χ1n) is 8.18. The molecule has 0 unspecified atom stereocenters. The number of carbonyl (C=O) groups excluding carboxylic acids is 1. The number of piperazine rings is 1. The van der Waals surface area contributed by atoms with E-state index in [1.807, 2.05) is 30.3 Å². The van der Waals surface area contributed by atoms with Crippen LogP contribution < -0.4 is 4.74 Å². The lowest BCUT2D eigenvalue weighted by Crippen LogP contribution is -2.49. The highest BCUT2D eigenvalue weighted by molar-refractivity contribution is 5.94. The van der Waals surface area contributed by atoms with Gasteiger partial charge in [0.25, 0.3) is 5.91 Å².